The number of imide groups is 1. The molecule has 0 unspecified atom stereocenters. The molecule has 0 aromatic heterocycles. The first-order chi connectivity index (χ1) is 15.5. The van der Waals surface area contributed by atoms with Gasteiger partial charge in [0.2, 0.25) is 5.91 Å². The fourth-order valence-electron chi connectivity index (χ4n) is 4.84. The fraction of sp³-hybridized carbons (Fsp3) is 0.462. The monoisotopic (exact) mass is 436 g/mol. The Morgan fingerprint density at radius 1 is 0.969 bits per heavy atom. The highest BCUT2D eigenvalue weighted by Gasteiger charge is 2.43. The normalized spacial score (nSPS) is 20.1. The highest BCUT2D eigenvalue weighted by atomic mass is 16.5. The number of carbonyl (C=O) groups is 2. The highest BCUT2D eigenvalue weighted by molar-refractivity contribution is 6.22. The summed E-state index contributed by atoms with van der Waals surface area (Å²) < 4.78 is 10.8. The van der Waals surface area contributed by atoms with Crippen LogP contribution in [0.1, 0.15) is 36.8 Å². The van der Waals surface area contributed by atoms with E-state index in [9.17, 15) is 9.59 Å². The molecule has 0 spiro atoms. The lowest BCUT2D eigenvalue weighted by Gasteiger charge is -2.35. The summed E-state index contributed by atoms with van der Waals surface area (Å²) in [6.07, 6.45) is 4.41. The number of aryl methyl sites for hydroxylation is 2. The zero-order valence-corrected chi connectivity index (χ0v) is 19.2. The third kappa shape index (κ3) is 4.65. The average Bonchev–Trinajstić information content (AvgIpc) is 3.12. The van der Waals surface area contributed by atoms with Gasteiger partial charge in [0.05, 0.1) is 32.4 Å². The van der Waals surface area contributed by atoms with Gasteiger partial charge in [0.15, 0.2) is 0 Å². The molecule has 0 N–H and O–H groups in total. The number of amides is 2. The Labute approximate surface area is 190 Å². The van der Waals surface area contributed by atoms with Crippen LogP contribution in [0, 0.1) is 12.8 Å². The van der Waals surface area contributed by atoms with E-state index in [-0.39, 0.29) is 24.3 Å². The molecule has 2 amide bonds. The maximum atomic E-state index is 13.1. The first kappa shape index (κ1) is 22.3. The molecule has 0 radical (unpaired) electrons. The van der Waals surface area contributed by atoms with Crippen LogP contribution < -0.4 is 14.4 Å². The minimum absolute atomic E-state index is 0.0831. The summed E-state index contributed by atoms with van der Waals surface area (Å²) in [4.78, 5) is 29.2. The maximum absolute atomic E-state index is 13.1. The molecule has 2 aromatic carbocycles. The lowest BCUT2D eigenvalue weighted by Crippen LogP contribution is -2.46. The van der Waals surface area contributed by atoms with Crippen molar-refractivity contribution in [2.45, 2.75) is 45.1 Å². The number of rotatable bonds is 7. The van der Waals surface area contributed by atoms with Crippen molar-refractivity contribution < 1.29 is 19.1 Å². The van der Waals surface area contributed by atoms with Crippen LogP contribution in [0.5, 0.6) is 11.5 Å². The summed E-state index contributed by atoms with van der Waals surface area (Å²) in [5.74, 6) is 2.10. The second-order valence-corrected chi connectivity index (χ2v) is 8.82. The summed E-state index contributed by atoms with van der Waals surface area (Å²) in [5, 5.41) is 0. The van der Waals surface area contributed by atoms with Crippen molar-refractivity contribution >= 4 is 17.5 Å². The van der Waals surface area contributed by atoms with Crippen molar-refractivity contribution in [1.82, 2.24) is 4.90 Å². The van der Waals surface area contributed by atoms with Gasteiger partial charge in [-0.05, 0) is 75.4 Å². The minimum atomic E-state index is -0.327. The van der Waals surface area contributed by atoms with Crippen LogP contribution in [0.4, 0.5) is 5.69 Å². The molecule has 2 saturated heterocycles. The molecule has 4 rings (SSSR count). The third-order valence-electron chi connectivity index (χ3n) is 6.82. The molecule has 6 nitrogen and oxygen atoms in total. The van der Waals surface area contributed by atoms with Gasteiger partial charge in [0.25, 0.3) is 5.91 Å². The quantitative estimate of drug-likeness (QED) is 0.615. The van der Waals surface area contributed by atoms with Gasteiger partial charge in [0, 0.05) is 6.07 Å². The zero-order chi connectivity index (χ0) is 22.7. The van der Waals surface area contributed by atoms with Crippen molar-refractivity contribution in [3.63, 3.8) is 0 Å². The van der Waals surface area contributed by atoms with E-state index >= 15 is 0 Å². The number of methoxy groups -OCH3 is 2. The topological polar surface area (TPSA) is 59.1 Å². The number of benzene rings is 2. The van der Waals surface area contributed by atoms with E-state index < -0.39 is 0 Å². The van der Waals surface area contributed by atoms with Crippen LogP contribution in [0.15, 0.2) is 42.5 Å². The highest BCUT2D eigenvalue weighted by Crippen LogP contribution is 2.32. The molecular weight excluding hydrogens is 404 g/mol. The van der Waals surface area contributed by atoms with Crippen LogP contribution in [-0.2, 0) is 16.0 Å². The second kappa shape index (κ2) is 9.74. The van der Waals surface area contributed by atoms with Gasteiger partial charge in [-0.25, -0.2) is 4.90 Å². The van der Waals surface area contributed by atoms with E-state index in [2.05, 4.69) is 11.0 Å². The standard InChI is InChI=1S/C26H32N2O4/c1-18-4-9-21(10-5-18)28-25(29)17-23(26(28)30)27-14-12-19(13-15-27)6-7-20-8-11-22(31-2)16-24(20)32-3/h4-5,8-11,16,19,23H,6-7,12-15,17H2,1-3H3/t23-/m1/s1. The summed E-state index contributed by atoms with van der Waals surface area (Å²) in [6, 6.07) is 13.2. The van der Waals surface area contributed by atoms with Gasteiger partial charge in [-0.2, -0.15) is 0 Å². The molecule has 2 heterocycles. The number of ether oxygens (including phenoxy) is 2. The van der Waals surface area contributed by atoms with Crippen molar-refractivity contribution in [2.75, 3.05) is 32.2 Å². The smallest absolute Gasteiger partial charge is 0.251 e. The van der Waals surface area contributed by atoms with E-state index in [0.717, 1.165) is 55.8 Å². The Balaban J connectivity index is 1.32. The summed E-state index contributed by atoms with van der Waals surface area (Å²) >= 11 is 0. The first-order valence-corrected chi connectivity index (χ1v) is 11.4. The van der Waals surface area contributed by atoms with Gasteiger partial charge in [-0.15, -0.1) is 0 Å². The predicted molar refractivity (Wildman–Crippen MR) is 124 cm³/mol. The SMILES string of the molecule is COc1ccc(CCC2CCN([C@@H]3CC(=O)N(c4ccc(C)cc4)C3=O)CC2)c(OC)c1. The molecule has 1 atom stereocenters. The Kier molecular flexibility index (Phi) is 6.80. The molecular formula is C26H32N2O4. The van der Waals surface area contributed by atoms with E-state index in [1.807, 2.05) is 43.3 Å². The second-order valence-electron chi connectivity index (χ2n) is 8.82. The van der Waals surface area contributed by atoms with E-state index in [0.29, 0.717) is 11.6 Å². The number of anilines is 1. The van der Waals surface area contributed by atoms with Gasteiger partial charge < -0.3 is 9.47 Å². The third-order valence-corrected chi connectivity index (χ3v) is 6.82. The Morgan fingerprint density at radius 3 is 2.34 bits per heavy atom. The molecule has 170 valence electrons. The molecule has 2 fully saturated rings. The molecule has 0 saturated carbocycles. The number of hydrogen-bond donors (Lipinski definition) is 0. The van der Waals surface area contributed by atoms with E-state index in [1.165, 1.54) is 10.5 Å². The molecule has 32 heavy (non-hydrogen) atoms. The molecule has 0 bridgehead atoms. The summed E-state index contributed by atoms with van der Waals surface area (Å²) in [6.45, 7) is 3.71. The number of hydrogen-bond acceptors (Lipinski definition) is 5. The van der Waals surface area contributed by atoms with Crippen molar-refractivity contribution in [2.24, 2.45) is 5.92 Å². The molecule has 2 aliphatic rings. The molecule has 2 aliphatic heterocycles. The van der Waals surface area contributed by atoms with Crippen LogP contribution >= 0.6 is 0 Å². The van der Waals surface area contributed by atoms with Gasteiger partial charge in [-0.3, -0.25) is 14.5 Å². The van der Waals surface area contributed by atoms with E-state index in [1.54, 1.807) is 14.2 Å². The number of carbonyl (C=O) groups excluding carboxylic acids is 2. The summed E-state index contributed by atoms with van der Waals surface area (Å²) in [7, 11) is 3.35. The van der Waals surface area contributed by atoms with Crippen LogP contribution in [0.25, 0.3) is 0 Å². The Morgan fingerprint density at radius 2 is 1.69 bits per heavy atom. The Hall–Kier alpha value is -2.86. The van der Waals surface area contributed by atoms with Gasteiger partial charge in [0.1, 0.15) is 11.5 Å². The van der Waals surface area contributed by atoms with Crippen molar-refractivity contribution in [3.8, 4) is 11.5 Å². The first-order valence-electron chi connectivity index (χ1n) is 11.4. The van der Waals surface area contributed by atoms with Crippen LogP contribution in [0.3, 0.4) is 0 Å². The van der Waals surface area contributed by atoms with E-state index in [4.69, 9.17) is 9.47 Å². The van der Waals surface area contributed by atoms with Crippen LogP contribution in [-0.4, -0.2) is 50.1 Å². The van der Waals surface area contributed by atoms with Crippen molar-refractivity contribution in [3.05, 3.63) is 53.6 Å². The van der Waals surface area contributed by atoms with Gasteiger partial charge >= 0.3 is 0 Å². The summed E-state index contributed by atoms with van der Waals surface area (Å²) in [5.41, 5.74) is 2.98. The van der Waals surface area contributed by atoms with Gasteiger partial charge in [-0.1, -0.05) is 23.8 Å². The van der Waals surface area contributed by atoms with Crippen LogP contribution in [0.2, 0.25) is 0 Å². The molecule has 6 heteroatoms. The largest absolute Gasteiger partial charge is 0.497 e. The maximum Gasteiger partial charge on any atom is 0.251 e. The minimum Gasteiger partial charge on any atom is -0.497 e. The molecule has 0 aliphatic carbocycles. The number of nitrogens with zero attached hydrogens (tertiary/aromatic N) is 2. The fourth-order valence-corrected chi connectivity index (χ4v) is 4.84. The Bertz CT molecular complexity index is 964. The molecule has 2 aromatic rings. The number of piperidine rings is 1. The number of likely N-dealkylation sites (tertiary alicyclic amines) is 1. The average molecular weight is 437 g/mol. The van der Waals surface area contributed by atoms with Crippen molar-refractivity contribution in [1.29, 1.82) is 0 Å². The lowest BCUT2D eigenvalue weighted by molar-refractivity contribution is -0.123. The lowest BCUT2D eigenvalue weighted by atomic mass is 9.89. The predicted octanol–water partition coefficient (Wildman–Crippen LogP) is 3.99. The zero-order valence-electron chi connectivity index (χ0n) is 19.2.